The molecule has 1 saturated heterocycles. The van der Waals surface area contributed by atoms with Crippen molar-refractivity contribution in [1.29, 1.82) is 0 Å². The number of piperazine rings is 1. The first-order chi connectivity index (χ1) is 14.1. The summed E-state index contributed by atoms with van der Waals surface area (Å²) in [6.07, 6.45) is 4.82. The van der Waals surface area contributed by atoms with Crippen LogP contribution in [0.25, 0.3) is 11.1 Å². The fraction of sp³-hybridized carbons (Fsp3) is 0.286. The Kier molecular flexibility index (Phi) is 5.53. The van der Waals surface area contributed by atoms with Crippen molar-refractivity contribution in [3.8, 4) is 16.9 Å². The summed E-state index contributed by atoms with van der Waals surface area (Å²) in [5.41, 5.74) is 3.44. The van der Waals surface area contributed by atoms with Crippen LogP contribution in [0.3, 0.4) is 0 Å². The minimum absolute atomic E-state index is 0.439. The maximum absolute atomic E-state index is 13.0. The number of methoxy groups -OCH3 is 1. The summed E-state index contributed by atoms with van der Waals surface area (Å²) in [5, 5.41) is 6.65. The van der Waals surface area contributed by atoms with Crippen molar-refractivity contribution in [1.82, 2.24) is 20.3 Å². The maximum Gasteiger partial charge on any atom is 0.227 e. The molecule has 0 radical (unpaired) electrons. The minimum Gasteiger partial charge on any atom is -0.495 e. The van der Waals surface area contributed by atoms with Crippen LogP contribution in [0.1, 0.15) is 6.92 Å². The second kappa shape index (κ2) is 8.40. The molecule has 0 aliphatic carbocycles. The van der Waals surface area contributed by atoms with Gasteiger partial charge in [-0.05, 0) is 31.2 Å². The first-order valence-corrected chi connectivity index (χ1v) is 9.50. The van der Waals surface area contributed by atoms with E-state index in [-0.39, 0.29) is 0 Å². The highest BCUT2D eigenvalue weighted by Crippen LogP contribution is 2.32. The van der Waals surface area contributed by atoms with Gasteiger partial charge in [-0.15, -0.1) is 0 Å². The van der Waals surface area contributed by atoms with E-state index in [1.807, 2.05) is 12.1 Å². The minimum atomic E-state index is -0.513. The van der Waals surface area contributed by atoms with E-state index in [9.17, 15) is 4.39 Å². The Bertz CT molecular complexity index is 964. The number of aromatic nitrogens is 3. The van der Waals surface area contributed by atoms with Crippen LogP contribution < -0.4 is 20.3 Å². The molecule has 1 aromatic carbocycles. The topological polar surface area (TPSA) is 75.2 Å². The molecule has 1 aliphatic heterocycles. The van der Waals surface area contributed by atoms with Crippen LogP contribution >= 0.6 is 0 Å². The second-order valence-electron chi connectivity index (χ2n) is 6.98. The average molecular weight is 394 g/mol. The van der Waals surface area contributed by atoms with Gasteiger partial charge in [0.15, 0.2) is 0 Å². The normalized spacial score (nSPS) is 16.5. The summed E-state index contributed by atoms with van der Waals surface area (Å²) < 4.78 is 18.6. The molecule has 8 heteroatoms. The van der Waals surface area contributed by atoms with Gasteiger partial charge in [0.2, 0.25) is 11.9 Å². The molecule has 29 heavy (non-hydrogen) atoms. The Morgan fingerprint density at radius 1 is 1.10 bits per heavy atom. The lowest BCUT2D eigenvalue weighted by molar-refractivity contribution is 0.410. The molecule has 1 fully saturated rings. The van der Waals surface area contributed by atoms with Gasteiger partial charge in [0.05, 0.1) is 12.8 Å². The van der Waals surface area contributed by atoms with Gasteiger partial charge in [0.1, 0.15) is 5.75 Å². The third kappa shape index (κ3) is 4.43. The molecule has 0 bridgehead atoms. The molecule has 1 atom stereocenters. The van der Waals surface area contributed by atoms with E-state index in [0.29, 0.717) is 12.0 Å². The van der Waals surface area contributed by atoms with Crippen LogP contribution in [0.5, 0.6) is 5.75 Å². The van der Waals surface area contributed by atoms with Crippen LogP contribution in [0.4, 0.5) is 21.7 Å². The van der Waals surface area contributed by atoms with Crippen LogP contribution in [0, 0.1) is 5.95 Å². The molecule has 0 amide bonds. The summed E-state index contributed by atoms with van der Waals surface area (Å²) in [4.78, 5) is 14.7. The number of hydrogen-bond acceptors (Lipinski definition) is 7. The summed E-state index contributed by atoms with van der Waals surface area (Å²) in [7, 11) is 1.68. The lowest BCUT2D eigenvalue weighted by Crippen LogP contribution is -2.49. The molecule has 0 saturated carbocycles. The second-order valence-corrected chi connectivity index (χ2v) is 6.98. The maximum atomic E-state index is 13.0. The molecule has 0 spiro atoms. The summed E-state index contributed by atoms with van der Waals surface area (Å²) in [5.74, 6) is 0.758. The number of rotatable bonds is 5. The molecule has 2 aromatic heterocycles. The van der Waals surface area contributed by atoms with Crippen LogP contribution in [0.2, 0.25) is 0 Å². The molecule has 2 N–H and O–H groups in total. The zero-order valence-electron chi connectivity index (χ0n) is 16.4. The molecule has 3 heterocycles. The predicted octanol–water partition coefficient (Wildman–Crippen LogP) is 3.23. The molecule has 1 aliphatic rings. The van der Waals surface area contributed by atoms with Crippen LogP contribution in [-0.2, 0) is 0 Å². The smallest absolute Gasteiger partial charge is 0.227 e. The molecule has 7 nitrogen and oxygen atoms in total. The van der Waals surface area contributed by atoms with Gasteiger partial charge in [-0.1, -0.05) is 0 Å². The zero-order valence-corrected chi connectivity index (χ0v) is 16.4. The molecule has 4 rings (SSSR count). The van der Waals surface area contributed by atoms with Gasteiger partial charge < -0.3 is 20.3 Å². The van der Waals surface area contributed by atoms with Crippen LogP contribution in [0.15, 0.2) is 48.9 Å². The zero-order chi connectivity index (χ0) is 20.2. The molecular formula is C21H23FN6O. The van der Waals surface area contributed by atoms with E-state index in [1.54, 1.807) is 25.6 Å². The Hall–Kier alpha value is -3.26. The highest BCUT2D eigenvalue weighted by molar-refractivity contribution is 5.68. The van der Waals surface area contributed by atoms with Gasteiger partial charge in [0.25, 0.3) is 0 Å². The monoisotopic (exact) mass is 394 g/mol. The fourth-order valence-electron chi connectivity index (χ4n) is 3.39. The summed E-state index contributed by atoms with van der Waals surface area (Å²) >= 11 is 0. The average Bonchev–Trinajstić information content (AvgIpc) is 2.75. The van der Waals surface area contributed by atoms with Crippen LogP contribution in [-0.4, -0.2) is 47.7 Å². The Morgan fingerprint density at radius 2 is 1.90 bits per heavy atom. The number of halogens is 1. The Morgan fingerprint density at radius 3 is 2.59 bits per heavy atom. The molecule has 3 aromatic rings. The van der Waals surface area contributed by atoms with Crippen molar-refractivity contribution >= 4 is 17.3 Å². The molecule has 1 unspecified atom stereocenters. The van der Waals surface area contributed by atoms with E-state index in [2.05, 4.69) is 43.5 Å². The number of ether oxygens (including phenoxy) is 1. The number of nitrogens with one attached hydrogen (secondary N) is 2. The van der Waals surface area contributed by atoms with Gasteiger partial charge in [0, 0.05) is 67.1 Å². The fourth-order valence-corrected chi connectivity index (χ4v) is 3.39. The SMILES string of the molecule is COc1cc(Nc2ncc(-c3ccc(F)nc3)cn2)ccc1N1CCNC(C)C1. The largest absolute Gasteiger partial charge is 0.495 e. The summed E-state index contributed by atoms with van der Waals surface area (Å²) in [6, 6.07) is 9.39. The number of anilines is 3. The number of nitrogens with zero attached hydrogens (tertiary/aromatic N) is 4. The third-order valence-corrected chi connectivity index (χ3v) is 4.86. The third-order valence-electron chi connectivity index (χ3n) is 4.86. The van der Waals surface area contributed by atoms with Gasteiger partial charge >= 0.3 is 0 Å². The van der Waals surface area contributed by atoms with Gasteiger partial charge in [-0.3, -0.25) is 0 Å². The van der Waals surface area contributed by atoms with Crippen molar-refractivity contribution in [2.24, 2.45) is 0 Å². The molecule has 150 valence electrons. The van der Waals surface area contributed by atoms with E-state index < -0.39 is 5.95 Å². The number of benzene rings is 1. The van der Waals surface area contributed by atoms with Gasteiger partial charge in [-0.25, -0.2) is 15.0 Å². The highest BCUT2D eigenvalue weighted by atomic mass is 19.1. The Balaban J connectivity index is 1.49. The quantitative estimate of drug-likeness (QED) is 0.644. The lowest BCUT2D eigenvalue weighted by atomic mass is 10.1. The highest BCUT2D eigenvalue weighted by Gasteiger charge is 2.19. The lowest BCUT2D eigenvalue weighted by Gasteiger charge is -2.34. The van der Waals surface area contributed by atoms with E-state index >= 15 is 0 Å². The van der Waals surface area contributed by atoms with E-state index in [0.717, 1.165) is 47.9 Å². The van der Waals surface area contributed by atoms with Crippen molar-refractivity contribution in [3.63, 3.8) is 0 Å². The first kappa shape index (κ1) is 19.1. The van der Waals surface area contributed by atoms with Crippen molar-refractivity contribution in [2.45, 2.75) is 13.0 Å². The summed E-state index contributed by atoms with van der Waals surface area (Å²) in [6.45, 7) is 5.01. The van der Waals surface area contributed by atoms with Crippen molar-refractivity contribution < 1.29 is 9.13 Å². The van der Waals surface area contributed by atoms with E-state index in [1.165, 1.54) is 12.3 Å². The van der Waals surface area contributed by atoms with Crippen molar-refractivity contribution in [3.05, 3.63) is 54.9 Å². The molecular weight excluding hydrogens is 371 g/mol. The number of pyridine rings is 1. The number of hydrogen-bond donors (Lipinski definition) is 2. The predicted molar refractivity (Wildman–Crippen MR) is 111 cm³/mol. The standard InChI is InChI=1S/C21H23FN6O/c1-14-13-28(8-7-23-14)18-5-4-17(9-19(18)29-2)27-21-25-11-16(12-26-21)15-3-6-20(22)24-10-15/h3-6,9-12,14,23H,7-8,13H2,1-2H3,(H,25,26,27). The van der Waals surface area contributed by atoms with Crippen molar-refractivity contribution in [2.75, 3.05) is 37.0 Å². The van der Waals surface area contributed by atoms with Gasteiger partial charge in [-0.2, -0.15) is 4.39 Å². The first-order valence-electron chi connectivity index (χ1n) is 9.50. The Labute approximate surface area is 169 Å². The van der Waals surface area contributed by atoms with E-state index in [4.69, 9.17) is 4.74 Å².